The first-order valence-electron chi connectivity index (χ1n) is 3.97. The molecule has 1 rings (SSSR count). The second-order valence-corrected chi connectivity index (χ2v) is 4.51. The number of hydrogen-bond donors (Lipinski definition) is 0. The van der Waals surface area contributed by atoms with Crippen molar-refractivity contribution in [3.05, 3.63) is 33.8 Å². The van der Waals surface area contributed by atoms with Crippen LogP contribution in [0.3, 0.4) is 0 Å². The molecule has 0 aliphatic carbocycles. The highest BCUT2D eigenvalue weighted by Crippen LogP contribution is 2.18. The van der Waals surface area contributed by atoms with Gasteiger partial charge >= 0.3 is 0 Å². The molecule has 0 aliphatic rings. The van der Waals surface area contributed by atoms with Crippen molar-refractivity contribution in [3.63, 3.8) is 0 Å². The van der Waals surface area contributed by atoms with E-state index < -0.39 is 5.38 Å². The number of aryl methyl sites for hydroxylation is 1. The Bertz CT molecular complexity index is 334. The number of Topliss-reactive ketones (excluding diaryl/α,β-unsaturated/α-hetero) is 1. The van der Waals surface area contributed by atoms with E-state index in [-0.39, 0.29) is 5.78 Å². The Morgan fingerprint density at radius 3 is 2.62 bits per heavy atom. The number of alkyl halides is 1. The number of carbonyl (C=O) groups is 1. The summed E-state index contributed by atoms with van der Waals surface area (Å²) < 4.78 is 0.976. The van der Waals surface area contributed by atoms with Gasteiger partial charge in [-0.3, -0.25) is 4.79 Å². The molecule has 0 radical (unpaired) electrons. The maximum atomic E-state index is 11.5. The van der Waals surface area contributed by atoms with Crippen LogP contribution >= 0.6 is 27.5 Å². The summed E-state index contributed by atoms with van der Waals surface area (Å²) in [7, 11) is 0. The topological polar surface area (TPSA) is 17.1 Å². The Morgan fingerprint density at radius 1 is 1.54 bits per heavy atom. The third-order valence-corrected chi connectivity index (χ3v) is 2.51. The normalized spacial score (nSPS) is 12.6. The van der Waals surface area contributed by atoms with Crippen LogP contribution in [0.2, 0.25) is 0 Å². The summed E-state index contributed by atoms with van der Waals surface area (Å²) in [5.41, 5.74) is 1.65. The van der Waals surface area contributed by atoms with Gasteiger partial charge in [-0.1, -0.05) is 15.9 Å². The number of hydrogen-bond acceptors (Lipinski definition) is 1. The predicted octanol–water partition coefficient (Wildman–Crippen LogP) is 3.57. The van der Waals surface area contributed by atoms with Gasteiger partial charge in [-0.15, -0.1) is 11.6 Å². The van der Waals surface area contributed by atoms with Crippen LogP contribution < -0.4 is 0 Å². The first-order valence-corrected chi connectivity index (χ1v) is 5.19. The van der Waals surface area contributed by atoms with Crippen molar-refractivity contribution in [2.75, 3.05) is 0 Å². The number of carbonyl (C=O) groups excluding carboxylic acids is 1. The fourth-order valence-corrected chi connectivity index (χ4v) is 1.71. The molecule has 1 unspecified atom stereocenters. The summed E-state index contributed by atoms with van der Waals surface area (Å²) in [6.45, 7) is 3.59. The van der Waals surface area contributed by atoms with Crippen LogP contribution in [0.4, 0.5) is 0 Å². The quantitative estimate of drug-likeness (QED) is 0.587. The second-order valence-electron chi connectivity index (χ2n) is 2.94. The van der Waals surface area contributed by atoms with Crippen LogP contribution in [-0.4, -0.2) is 11.2 Å². The van der Waals surface area contributed by atoms with Crippen molar-refractivity contribution in [3.8, 4) is 0 Å². The molecule has 1 atom stereocenters. The minimum absolute atomic E-state index is 0.0216. The monoisotopic (exact) mass is 260 g/mol. The average molecular weight is 262 g/mol. The van der Waals surface area contributed by atoms with Gasteiger partial charge in [-0.05, 0) is 37.6 Å². The fourth-order valence-electron chi connectivity index (χ4n) is 1.12. The van der Waals surface area contributed by atoms with E-state index in [2.05, 4.69) is 15.9 Å². The summed E-state index contributed by atoms with van der Waals surface area (Å²) in [4.78, 5) is 11.5. The van der Waals surface area contributed by atoms with E-state index in [1.807, 2.05) is 19.1 Å². The standard InChI is InChI=1S/C10H10BrClO/c1-6-5-8(11)3-4-9(6)10(13)7(2)12/h3-5,7H,1-2H3. The lowest BCUT2D eigenvalue weighted by atomic mass is 10.0. The Morgan fingerprint density at radius 2 is 2.15 bits per heavy atom. The van der Waals surface area contributed by atoms with Crippen molar-refractivity contribution >= 4 is 33.3 Å². The van der Waals surface area contributed by atoms with E-state index in [0.29, 0.717) is 5.56 Å². The Labute approximate surface area is 91.2 Å². The first kappa shape index (κ1) is 10.7. The second kappa shape index (κ2) is 4.25. The molecule has 0 heterocycles. The zero-order chi connectivity index (χ0) is 10.0. The maximum absolute atomic E-state index is 11.5. The molecule has 0 spiro atoms. The third-order valence-electron chi connectivity index (χ3n) is 1.82. The number of ketones is 1. The van der Waals surface area contributed by atoms with Crippen LogP contribution in [0.1, 0.15) is 22.8 Å². The summed E-state index contributed by atoms with van der Waals surface area (Å²) in [5, 5.41) is -0.458. The van der Waals surface area contributed by atoms with Crippen molar-refractivity contribution in [1.29, 1.82) is 0 Å². The summed E-state index contributed by atoms with van der Waals surface area (Å²) in [6.07, 6.45) is 0. The molecule has 1 aromatic rings. The van der Waals surface area contributed by atoms with Crippen LogP contribution in [0.5, 0.6) is 0 Å². The van der Waals surface area contributed by atoms with Gasteiger partial charge in [0.15, 0.2) is 5.78 Å². The van der Waals surface area contributed by atoms with Crippen molar-refractivity contribution in [1.82, 2.24) is 0 Å². The van der Waals surface area contributed by atoms with Gasteiger partial charge in [-0.2, -0.15) is 0 Å². The largest absolute Gasteiger partial charge is 0.293 e. The van der Waals surface area contributed by atoms with Gasteiger partial charge in [0.2, 0.25) is 0 Å². The average Bonchev–Trinajstić information content (AvgIpc) is 2.03. The van der Waals surface area contributed by atoms with Crippen molar-refractivity contribution in [2.24, 2.45) is 0 Å². The Hall–Kier alpha value is -0.340. The Balaban J connectivity index is 3.09. The van der Waals surface area contributed by atoms with Gasteiger partial charge in [-0.25, -0.2) is 0 Å². The molecule has 3 heteroatoms. The fraction of sp³-hybridized carbons (Fsp3) is 0.300. The maximum Gasteiger partial charge on any atom is 0.180 e. The SMILES string of the molecule is Cc1cc(Br)ccc1C(=O)C(C)Cl. The molecule has 0 amide bonds. The van der Waals surface area contributed by atoms with Crippen molar-refractivity contribution < 1.29 is 4.79 Å². The minimum atomic E-state index is -0.458. The zero-order valence-electron chi connectivity index (χ0n) is 7.47. The third kappa shape index (κ3) is 2.55. The van der Waals surface area contributed by atoms with Crippen LogP contribution in [0.25, 0.3) is 0 Å². The van der Waals surface area contributed by atoms with E-state index in [1.54, 1.807) is 13.0 Å². The molecule has 70 valence electrons. The molecule has 0 aliphatic heterocycles. The lowest BCUT2D eigenvalue weighted by Crippen LogP contribution is -2.11. The molecule has 0 fully saturated rings. The van der Waals surface area contributed by atoms with Gasteiger partial charge in [0, 0.05) is 10.0 Å². The molecule has 0 aromatic heterocycles. The summed E-state index contributed by atoms with van der Waals surface area (Å²) in [5.74, 6) is -0.0216. The first-order chi connectivity index (χ1) is 6.02. The Kier molecular flexibility index (Phi) is 3.51. The molecule has 0 N–H and O–H groups in total. The number of halogens is 2. The molecular weight excluding hydrogens is 251 g/mol. The van der Waals surface area contributed by atoms with E-state index in [0.717, 1.165) is 10.0 Å². The summed E-state index contributed by atoms with van der Waals surface area (Å²) >= 11 is 9.05. The zero-order valence-corrected chi connectivity index (χ0v) is 9.82. The number of rotatable bonds is 2. The lowest BCUT2D eigenvalue weighted by molar-refractivity contribution is 0.0991. The highest BCUT2D eigenvalue weighted by atomic mass is 79.9. The van der Waals surface area contributed by atoms with Crippen LogP contribution in [-0.2, 0) is 0 Å². The molecule has 1 aromatic carbocycles. The molecule has 1 nitrogen and oxygen atoms in total. The lowest BCUT2D eigenvalue weighted by Gasteiger charge is -2.06. The van der Waals surface area contributed by atoms with Crippen molar-refractivity contribution in [2.45, 2.75) is 19.2 Å². The van der Waals surface area contributed by atoms with Gasteiger partial charge in [0.05, 0.1) is 5.38 Å². The van der Waals surface area contributed by atoms with E-state index in [4.69, 9.17) is 11.6 Å². The van der Waals surface area contributed by atoms with Crippen LogP contribution in [0.15, 0.2) is 22.7 Å². The van der Waals surface area contributed by atoms with Gasteiger partial charge < -0.3 is 0 Å². The van der Waals surface area contributed by atoms with Gasteiger partial charge in [0.25, 0.3) is 0 Å². The molecule has 0 saturated carbocycles. The highest BCUT2D eigenvalue weighted by molar-refractivity contribution is 9.10. The van der Waals surface area contributed by atoms with E-state index in [1.165, 1.54) is 0 Å². The molecule has 13 heavy (non-hydrogen) atoms. The molecule has 0 bridgehead atoms. The minimum Gasteiger partial charge on any atom is -0.293 e. The van der Waals surface area contributed by atoms with E-state index in [9.17, 15) is 4.79 Å². The van der Waals surface area contributed by atoms with Crippen LogP contribution in [0, 0.1) is 6.92 Å². The molecule has 0 saturated heterocycles. The number of benzene rings is 1. The predicted molar refractivity (Wildman–Crippen MR) is 58.5 cm³/mol. The smallest absolute Gasteiger partial charge is 0.180 e. The molecular formula is C10H10BrClO. The van der Waals surface area contributed by atoms with E-state index >= 15 is 0 Å². The summed E-state index contributed by atoms with van der Waals surface area (Å²) in [6, 6.07) is 5.55. The van der Waals surface area contributed by atoms with Gasteiger partial charge in [0.1, 0.15) is 0 Å². The highest BCUT2D eigenvalue weighted by Gasteiger charge is 2.14.